The molecule has 0 saturated heterocycles. The van der Waals surface area contributed by atoms with Gasteiger partial charge < -0.3 is 10.5 Å². The number of benzene rings is 1. The first-order valence-electron chi connectivity index (χ1n) is 6.70. The number of rotatable bonds is 5. The number of aromatic nitrogens is 1. The maximum Gasteiger partial charge on any atom is 0.141 e. The van der Waals surface area contributed by atoms with Crippen molar-refractivity contribution in [2.24, 2.45) is 5.73 Å². The number of nitrogens with two attached hydrogens (primary N) is 1. The zero-order valence-electron chi connectivity index (χ0n) is 11.8. The van der Waals surface area contributed by atoms with Gasteiger partial charge in [0.2, 0.25) is 0 Å². The number of hydrogen-bond acceptors (Lipinski definition) is 3. The van der Waals surface area contributed by atoms with Crippen molar-refractivity contribution >= 4 is 0 Å². The number of hydrogen-bond donors (Lipinski definition) is 1. The fourth-order valence-electron chi connectivity index (χ4n) is 2.06. The van der Waals surface area contributed by atoms with Crippen molar-refractivity contribution in [1.82, 2.24) is 4.98 Å². The average Bonchev–Trinajstić information content (AvgIpc) is 2.46. The summed E-state index contributed by atoms with van der Waals surface area (Å²) in [5.74, 6) is 0.492. The molecule has 1 aromatic heterocycles. The Morgan fingerprint density at radius 3 is 2.70 bits per heavy atom. The summed E-state index contributed by atoms with van der Waals surface area (Å²) in [6.45, 7) is 4.65. The summed E-state index contributed by atoms with van der Waals surface area (Å²) in [6, 6.07) is 8.43. The van der Waals surface area contributed by atoms with Crippen molar-refractivity contribution < 1.29 is 9.13 Å². The van der Waals surface area contributed by atoms with Crippen LogP contribution in [0, 0.1) is 12.7 Å². The highest BCUT2D eigenvalue weighted by molar-refractivity contribution is 5.31. The van der Waals surface area contributed by atoms with E-state index in [1.54, 1.807) is 6.07 Å². The summed E-state index contributed by atoms with van der Waals surface area (Å²) in [5.41, 5.74) is 9.20. The zero-order chi connectivity index (χ0) is 14.5. The Morgan fingerprint density at radius 2 is 2.00 bits per heavy atom. The molecule has 3 nitrogen and oxygen atoms in total. The van der Waals surface area contributed by atoms with Crippen LogP contribution in [0.2, 0.25) is 0 Å². The number of ether oxygens (including phenoxy) is 1. The topological polar surface area (TPSA) is 48.1 Å². The lowest BCUT2D eigenvalue weighted by Crippen LogP contribution is -2.06. The van der Waals surface area contributed by atoms with Crippen LogP contribution in [0.4, 0.5) is 4.39 Å². The second kappa shape index (κ2) is 6.48. The van der Waals surface area contributed by atoms with Crippen LogP contribution in [-0.2, 0) is 19.6 Å². The molecule has 2 rings (SSSR count). The second-order valence-electron chi connectivity index (χ2n) is 4.66. The van der Waals surface area contributed by atoms with E-state index in [9.17, 15) is 4.39 Å². The Labute approximate surface area is 118 Å². The first kappa shape index (κ1) is 14.5. The molecule has 0 bridgehead atoms. The molecule has 0 saturated carbocycles. The van der Waals surface area contributed by atoms with Crippen molar-refractivity contribution in [2.45, 2.75) is 33.4 Å². The molecule has 0 aliphatic rings. The molecule has 20 heavy (non-hydrogen) atoms. The van der Waals surface area contributed by atoms with Gasteiger partial charge in [0.15, 0.2) is 0 Å². The van der Waals surface area contributed by atoms with Gasteiger partial charge in [-0.05, 0) is 48.7 Å². The average molecular weight is 274 g/mol. The number of halogens is 1. The minimum Gasteiger partial charge on any atom is -0.487 e. The van der Waals surface area contributed by atoms with Gasteiger partial charge in [-0.3, -0.25) is 4.98 Å². The predicted octanol–water partition coefficient (Wildman–Crippen LogP) is 3.13. The van der Waals surface area contributed by atoms with Crippen LogP contribution < -0.4 is 10.5 Å². The molecule has 0 aliphatic carbocycles. The van der Waals surface area contributed by atoms with E-state index in [0.29, 0.717) is 13.2 Å². The Bertz CT molecular complexity index is 546. The summed E-state index contributed by atoms with van der Waals surface area (Å²) in [6.07, 6.45) is 0.810. The van der Waals surface area contributed by atoms with E-state index in [4.69, 9.17) is 10.5 Å². The van der Waals surface area contributed by atoms with Gasteiger partial charge in [-0.2, -0.15) is 0 Å². The monoisotopic (exact) mass is 274 g/mol. The van der Waals surface area contributed by atoms with Crippen LogP contribution >= 0.6 is 0 Å². The van der Waals surface area contributed by atoms with Crippen molar-refractivity contribution in [2.75, 3.05) is 0 Å². The van der Waals surface area contributed by atoms with E-state index >= 15 is 0 Å². The number of pyridine rings is 1. The van der Waals surface area contributed by atoms with Gasteiger partial charge in [0.05, 0.1) is 5.69 Å². The van der Waals surface area contributed by atoms with Gasteiger partial charge in [-0.1, -0.05) is 13.0 Å². The summed E-state index contributed by atoms with van der Waals surface area (Å²) in [5, 5.41) is 0. The standard InChI is InChI=1S/C16H19FN2O/c1-3-15-16(7-4-11(2)19-15)20-10-12-5-6-14(17)8-13(12)9-18/h4-8H,3,9-10,18H2,1-2H3. The lowest BCUT2D eigenvalue weighted by Gasteiger charge is -2.12. The third-order valence-corrected chi connectivity index (χ3v) is 3.18. The fourth-order valence-corrected chi connectivity index (χ4v) is 2.06. The van der Waals surface area contributed by atoms with Crippen molar-refractivity contribution in [3.63, 3.8) is 0 Å². The molecule has 0 aliphatic heterocycles. The van der Waals surface area contributed by atoms with Crippen LogP contribution in [-0.4, -0.2) is 4.98 Å². The Hall–Kier alpha value is -1.94. The molecule has 0 atom stereocenters. The lowest BCUT2D eigenvalue weighted by molar-refractivity contribution is 0.300. The highest BCUT2D eigenvalue weighted by Crippen LogP contribution is 2.20. The summed E-state index contributed by atoms with van der Waals surface area (Å²) in [4.78, 5) is 4.45. The van der Waals surface area contributed by atoms with E-state index in [1.165, 1.54) is 12.1 Å². The molecule has 2 N–H and O–H groups in total. The molecule has 0 fully saturated rings. The first-order chi connectivity index (χ1) is 9.63. The van der Waals surface area contributed by atoms with E-state index in [2.05, 4.69) is 4.98 Å². The van der Waals surface area contributed by atoms with Gasteiger partial charge in [-0.15, -0.1) is 0 Å². The number of nitrogens with zero attached hydrogens (tertiary/aromatic N) is 1. The van der Waals surface area contributed by atoms with Gasteiger partial charge in [-0.25, -0.2) is 4.39 Å². The zero-order valence-corrected chi connectivity index (χ0v) is 11.8. The Kier molecular flexibility index (Phi) is 4.69. The summed E-state index contributed by atoms with van der Waals surface area (Å²) < 4.78 is 19.0. The van der Waals surface area contributed by atoms with E-state index in [-0.39, 0.29) is 5.82 Å². The number of aryl methyl sites for hydroxylation is 2. The van der Waals surface area contributed by atoms with Crippen LogP contribution in [0.1, 0.15) is 29.4 Å². The minimum absolute atomic E-state index is 0.277. The van der Waals surface area contributed by atoms with Gasteiger partial charge in [0, 0.05) is 12.2 Å². The molecule has 4 heteroatoms. The van der Waals surface area contributed by atoms with Gasteiger partial charge in [0.1, 0.15) is 18.2 Å². The summed E-state index contributed by atoms with van der Waals surface area (Å²) >= 11 is 0. The summed E-state index contributed by atoms with van der Waals surface area (Å²) in [7, 11) is 0. The molecule has 106 valence electrons. The molecule has 2 aromatic rings. The van der Waals surface area contributed by atoms with E-state index < -0.39 is 0 Å². The highest BCUT2D eigenvalue weighted by atomic mass is 19.1. The van der Waals surface area contributed by atoms with Crippen molar-refractivity contribution in [1.29, 1.82) is 0 Å². The third kappa shape index (κ3) is 3.33. The SMILES string of the molecule is CCc1nc(C)ccc1OCc1ccc(F)cc1CN. The van der Waals surface area contributed by atoms with Gasteiger partial charge in [0.25, 0.3) is 0 Å². The smallest absolute Gasteiger partial charge is 0.141 e. The largest absolute Gasteiger partial charge is 0.487 e. The molecule has 1 heterocycles. The molecule has 0 unspecified atom stereocenters. The fraction of sp³-hybridized carbons (Fsp3) is 0.312. The quantitative estimate of drug-likeness (QED) is 0.911. The van der Waals surface area contributed by atoms with Crippen LogP contribution in [0.3, 0.4) is 0 Å². The molecule has 0 amide bonds. The molecule has 0 radical (unpaired) electrons. The van der Waals surface area contributed by atoms with E-state index in [0.717, 1.165) is 34.7 Å². The predicted molar refractivity (Wildman–Crippen MR) is 77.0 cm³/mol. The van der Waals surface area contributed by atoms with Crippen molar-refractivity contribution in [3.05, 3.63) is 58.7 Å². The maximum absolute atomic E-state index is 13.2. The lowest BCUT2D eigenvalue weighted by atomic mass is 10.1. The minimum atomic E-state index is -0.277. The third-order valence-electron chi connectivity index (χ3n) is 3.18. The highest BCUT2D eigenvalue weighted by Gasteiger charge is 2.07. The van der Waals surface area contributed by atoms with Crippen molar-refractivity contribution in [3.8, 4) is 5.75 Å². The van der Waals surface area contributed by atoms with Crippen LogP contribution in [0.25, 0.3) is 0 Å². The Balaban J connectivity index is 2.16. The first-order valence-corrected chi connectivity index (χ1v) is 6.70. The maximum atomic E-state index is 13.2. The molecule has 1 aromatic carbocycles. The van der Waals surface area contributed by atoms with Crippen LogP contribution in [0.5, 0.6) is 5.75 Å². The Morgan fingerprint density at radius 1 is 1.20 bits per heavy atom. The second-order valence-corrected chi connectivity index (χ2v) is 4.66. The molecule has 0 spiro atoms. The van der Waals surface area contributed by atoms with Crippen LogP contribution in [0.15, 0.2) is 30.3 Å². The van der Waals surface area contributed by atoms with E-state index in [1.807, 2.05) is 26.0 Å². The normalized spacial score (nSPS) is 10.6. The molecular formula is C16H19FN2O. The van der Waals surface area contributed by atoms with Gasteiger partial charge >= 0.3 is 0 Å². The molecular weight excluding hydrogens is 255 g/mol.